The van der Waals surface area contributed by atoms with E-state index < -0.39 is 335 Å². The first kappa shape index (κ1) is 96.7. The summed E-state index contributed by atoms with van der Waals surface area (Å²) in [6.45, 7) is 1.10. The highest BCUT2D eigenvalue weighted by atomic mass is 32.2. The Bertz CT molecular complexity index is 9320. The molecule has 0 saturated heterocycles. The SMILES string of the molecule is CC(=O)Nc1cccc2c(S(=O)(=O)O)cc(C(=O)Nc3cccc4c(S(=O)(=O)O)cc(C(=O)Nc5cccc6c(S(=O)(=O)O)cc(C(=O)Nc7cccc8c(S(=O)(=O)O)cc(C(=O)Nc9cccc%10c(S(=O)(=O)O)cc(C(=O)Nc%11cccc%12c(S(=O)(=O)O)cc(C(=O)Nc%13cccc%14c(S(=O)(=O)O)cc(C(=O)Nc%15cccc%16c(S(=O)(=O)O)cc(C(=O)O)nc%15%16)nc%13%14)nc%11%12)nc9%10)nc78)nc56)nc34)nc12. The zero-order chi connectivity index (χ0) is 101. The Morgan fingerprint density at radius 3 is 0.443 bits per heavy atom. The Hall–Kier alpha value is -16.5. The Morgan fingerprint density at radius 1 is 0.200 bits per heavy atom. The van der Waals surface area contributed by atoms with Crippen molar-refractivity contribution in [3.05, 3.63) is 240 Å². The number of benzene rings is 8. The number of fused-ring (bicyclic) bond motifs is 8. The molecule has 0 unspecified atom stereocenters. The zero-order valence-electron chi connectivity index (χ0n) is 69.1. The number of hydrogen-bond acceptors (Lipinski definition) is 33. The van der Waals surface area contributed by atoms with Crippen molar-refractivity contribution in [1.82, 2.24) is 39.9 Å². The van der Waals surface area contributed by atoms with Crippen molar-refractivity contribution in [2.45, 2.75) is 46.1 Å². The Morgan fingerprint density at radius 2 is 0.321 bits per heavy atom. The topological polar surface area (TPSA) is 808 Å². The maximum Gasteiger partial charge on any atom is 0.354 e. The van der Waals surface area contributed by atoms with Crippen LogP contribution in [0.3, 0.4) is 0 Å². The van der Waals surface area contributed by atoms with Crippen molar-refractivity contribution < 1.29 is 152 Å². The van der Waals surface area contributed by atoms with Crippen LogP contribution in [-0.4, -0.2) is 202 Å². The minimum atomic E-state index is -5.52. The third kappa shape index (κ3) is 19.2. The second kappa shape index (κ2) is 35.3. The molecule has 712 valence electrons. The molecule has 16 rings (SSSR count). The molecule has 140 heavy (non-hydrogen) atoms. The summed E-state index contributed by atoms with van der Waals surface area (Å²) in [5.74, 6) is -12.4. The number of aromatic nitrogens is 8. The van der Waals surface area contributed by atoms with E-state index in [1.165, 1.54) is 18.2 Å². The lowest BCUT2D eigenvalue weighted by Crippen LogP contribution is -2.19. The minimum Gasteiger partial charge on any atom is -0.477 e. The van der Waals surface area contributed by atoms with Crippen molar-refractivity contribution in [3.8, 4) is 0 Å². The molecule has 50 nitrogen and oxygen atoms in total. The van der Waals surface area contributed by atoms with Crippen molar-refractivity contribution in [2.24, 2.45) is 0 Å². The number of carboxylic acid groups (broad SMARTS) is 1. The van der Waals surface area contributed by atoms with Gasteiger partial charge in [0, 0.05) is 50.0 Å². The fraction of sp³-hybridized carbons (Fsp3) is 0.0122. The average Bonchev–Trinajstić information content (AvgIpc) is 0.754. The predicted octanol–water partition coefficient (Wildman–Crippen LogP) is 8.47. The van der Waals surface area contributed by atoms with Gasteiger partial charge in [-0.15, -0.1) is 0 Å². The predicted molar refractivity (Wildman–Crippen MR) is 489 cm³/mol. The lowest BCUT2D eigenvalue weighted by Gasteiger charge is -2.15. The number of carbonyl (C=O) groups is 9. The number of hydrogen-bond donors (Lipinski definition) is 17. The van der Waals surface area contributed by atoms with Gasteiger partial charge in [-0.3, -0.25) is 74.8 Å². The summed E-state index contributed by atoms with van der Waals surface area (Å²) in [7, 11) is -43.1. The number of anilines is 8. The molecule has 0 aliphatic carbocycles. The van der Waals surface area contributed by atoms with Crippen molar-refractivity contribution in [2.75, 3.05) is 42.5 Å². The van der Waals surface area contributed by atoms with Gasteiger partial charge in [0.15, 0.2) is 0 Å². The van der Waals surface area contributed by atoms with E-state index in [0.29, 0.717) is 48.5 Å². The number of amides is 8. The molecule has 17 N–H and O–H groups in total. The average molecular weight is 2060 g/mol. The van der Waals surface area contributed by atoms with E-state index in [1.54, 1.807) is 0 Å². The quantitative estimate of drug-likeness (QED) is 0.0252. The standard InChI is InChI=1S/C82H52N16O34S8/c1-34(99)83-43-18-2-10-35-59(133(109,110)111)26-51(84-67(35)43)75(100)92-44-19-3-11-36-60(134(112,113)114)27-52(85-68(36)44)76(101)93-45-20-4-12-37-61(135(115,116)117)28-53(86-69(37)45)77(102)94-46-21-5-13-38-62(136(118,119)120)29-54(87-70(38)46)78(103)95-47-22-6-14-39-63(137(121,122)123)30-55(88-71(39)47)79(104)96-48-23-7-15-40-64(138(124,125)126)31-56(89-72(40)48)80(105)97-49-24-8-16-41-65(139(127,128)129)32-57(90-73(41)49)81(106)98-50-25-9-17-42-66(140(130,131)132)33-58(82(107)108)91-74(42)50/h2-33H,1H3,(H,83,99)(H,92,100)(H,93,101)(H,94,102)(H,95,103)(H,96,104)(H,97,105)(H,98,106)(H,107,108)(H,109,110,111)(H,112,113,114)(H,115,116,117)(H,118,119,120)(H,121,122,123)(H,124,125,126)(H,127,128,129)(H,130,131,132). The highest BCUT2D eigenvalue weighted by molar-refractivity contribution is 7.88. The number of pyridine rings is 8. The molecule has 8 heterocycles. The molecule has 0 fully saturated rings. The van der Waals surface area contributed by atoms with Crippen molar-refractivity contribution >= 4 is 267 Å². The van der Waals surface area contributed by atoms with E-state index in [4.69, 9.17) is 0 Å². The van der Waals surface area contributed by atoms with Crippen LogP contribution in [0.4, 0.5) is 45.5 Å². The molecule has 0 atom stereocenters. The van der Waals surface area contributed by atoms with E-state index >= 15 is 0 Å². The fourth-order valence-electron chi connectivity index (χ4n) is 14.7. The zero-order valence-corrected chi connectivity index (χ0v) is 75.6. The number of carboxylic acids is 1. The normalized spacial score (nSPS) is 12.3. The van der Waals surface area contributed by atoms with Gasteiger partial charge in [-0.2, -0.15) is 67.3 Å². The lowest BCUT2D eigenvalue weighted by atomic mass is 10.1. The smallest absolute Gasteiger partial charge is 0.354 e. The maximum atomic E-state index is 14.7. The number of para-hydroxylation sites is 8. The molecule has 0 spiro atoms. The largest absolute Gasteiger partial charge is 0.477 e. The van der Waals surface area contributed by atoms with E-state index in [9.17, 15) is 152 Å². The maximum absolute atomic E-state index is 14.7. The van der Waals surface area contributed by atoms with Gasteiger partial charge >= 0.3 is 5.97 Å². The van der Waals surface area contributed by atoms with Crippen LogP contribution in [0.1, 0.15) is 90.8 Å². The van der Waals surface area contributed by atoms with Crippen LogP contribution >= 0.6 is 0 Å². The first-order valence-corrected chi connectivity index (χ1v) is 50.0. The molecule has 8 aromatic heterocycles. The van der Waals surface area contributed by atoms with Gasteiger partial charge in [0.2, 0.25) is 5.91 Å². The van der Waals surface area contributed by atoms with Crippen LogP contribution < -0.4 is 42.5 Å². The minimum absolute atomic E-state index is 0.114. The van der Waals surface area contributed by atoms with Gasteiger partial charge < -0.3 is 47.6 Å². The molecule has 0 radical (unpaired) electrons. The van der Waals surface area contributed by atoms with E-state index in [0.717, 1.165) is 134 Å². The molecule has 8 aromatic carbocycles. The van der Waals surface area contributed by atoms with Gasteiger partial charge in [-0.05, 0) is 97.1 Å². The Labute approximate surface area is 781 Å². The van der Waals surface area contributed by atoms with Crippen LogP contribution in [0.5, 0.6) is 0 Å². The van der Waals surface area contributed by atoms with Crippen molar-refractivity contribution in [1.29, 1.82) is 0 Å². The highest BCUT2D eigenvalue weighted by Crippen LogP contribution is 2.40. The first-order valence-electron chi connectivity index (χ1n) is 38.5. The second-order valence-electron chi connectivity index (χ2n) is 29.6. The van der Waals surface area contributed by atoms with Gasteiger partial charge in [0.05, 0.1) is 89.6 Å². The Kier molecular flexibility index (Phi) is 24.4. The molecule has 0 aliphatic heterocycles. The second-order valence-corrected chi connectivity index (χ2v) is 40.7. The third-order valence-electron chi connectivity index (χ3n) is 20.5. The molecule has 0 aliphatic rings. The number of rotatable bonds is 24. The highest BCUT2D eigenvalue weighted by Gasteiger charge is 2.34. The third-order valence-corrected chi connectivity index (χ3v) is 27.7. The summed E-state index contributed by atoms with van der Waals surface area (Å²) < 4.78 is 293. The Balaban J connectivity index is 0.696. The van der Waals surface area contributed by atoms with E-state index in [1.807, 2.05) is 0 Å². The van der Waals surface area contributed by atoms with Crippen LogP contribution in [0.25, 0.3) is 87.2 Å². The molecule has 58 heteroatoms. The van der Waals surface area contributed by atoms with Gasteiger partial charge in [0.25, 0.3) is 122 Å². The summed E-state index contributed by atoms with van der Waals surface area (Å²) in [5, 5.41) is 24.4. The first-order chi connectivity index (χ1) is 65.5. The number of nitrogens with one attached hydrogen (secondary N) is 8. The summed E-state index contributed by atoms with van der Waals surface area (Å²) in [6.07, 6.45) is 0. The van der Waals surface area contributed by atoms with Crippen LogP contribution in [0.15, 0.2) is 233 Å². The number of nitrogens with zero attached hydrogens (tertiary/aromatic N) is 8. The van der Waals surface area contributed by atoms with Gasteiger partial charge in [-0.1, -0.05) is 97.1 Å². The fourth-order valence-corrected chi connectivity index (χ4v) is 20.3. The molecular formula is C82H52N16O34S8. The molecular weight excluding hydrogens is 2010 g/mol. The number of aromatic carboxylic acids is 1. The van der Waals surface area contributed by atoms with Crippen LogP contribution in [-0.2, 0) is 85.7 Å². The molecule has 16 aromatic rings. The van der Waals surface area contributed by atoms with Crippen molar-refractivity contribution in [3.63, 3.8) is 0 Å². The summed E-state index contributed by atoms with van der Waals surface area (Å²) in [6, 6.07) is 30.5. The summed E-state index contributed by atoms with van der Waals surface area (Å²) in [5.41, 5.74) is -16.1. The molecule has 0 saturated carbocycles. The number of carbonyl (C=O) groups excluding carboxylic acids is 8. The van der Waals surface area contributed by atoms with E-state index in [-0.39, 0.29) is 16.6 Å². The monoisotopic (exact) mass is 2060 g/mol. The van der Waals surface area contributed by atoms with Gasteiger partial charge in [-0.25, -0.2) is 44.7 Å². The van der Waals surface area contributed by atoms with Crippen LogP contribution in [0, 0.1) is 0 Å². The molecule has 8 amide bonds. The van der Waals surface area contributed by atoms with E-state index in [2.05, 4.69) is 82.4 Å². The summed E-state index contributed by atoms with van der Waals surface area (Å²) >= 11 is 0. The molecule has 0 bridgehead atoms. The van der Waals surface area contributed by atoms with Crippen LogP contribution in [0.2, 0.25) is 0 Å². The summed E-state index contributed by atoms with van der Waals surface area (Å²) in [4.78, 5) is 151. The van der Waals surface area contributed by atoms with Gasteiger partial charge in [0.1, 0.15) is 84.7 Å². The lowest BCUT2D eigenvalue weighted by molar-refractivity contribution is -0.114.